The number of aryl methyl sites for hydroxylation is 1. The van der Waals surface area contributed by atoms with Gasteiger partial charge in [0, 0.05) is 42.8 Å². The van der Waals surface area contributed by atoms with E-state index >= 15 is 0 Å². The smallest absolute Gasteiger partial charge is 0.257 e. The van der Waals surface area contributed by atoms with Crippen LogP contribution in [-0.4, -0.2) is 40.9 Å². The first-order valence-electron chi connectivity index (χ1n) is 10.1. The van der Waals surface area contributed by atoms with Crippen LogP contribution < -0.4 is 14.8 Å². The third-order valence-corrected chi connectivity index (χ3v) is 5.09. The van der Waals surface area contributed by atoms with Crippen molar-refractivity contribution < 1.29 is 23.4 Å². The fourth-order valence-electron chi connectivity index (χ4n) is 3.00. The second-order valence-corrected chi connectivity index (χ2v) is 8.02. The maximum Gasteiger partial charge on any atom is 0.257 e. The molecule has 2 aromatic carbocycles. The highest BCUT2D eigenvalue weighted by molar-refractivity contribution is 7.13. The minimum Gasteiger partial charge on any atom is -0.488 e. The van der Waals surface area contributed by atoms with E-state index in [0.29, 0.717) is 46.3 Å². The Kier molecular flexibility index (Phi) is 6.96. The molecule has 0 spiro atoms. The molecule has 0 bridgehead atoms. The summed E-state index contributed by atoms with van der Waals surface area (Å²) in [6.07, 6.45) is 1.41. The summed E-state index contributed by atoms with van der Waals surface area (Å²) in [5.74, 6) is 2.11. The van der Waals surface area contributed by atoms with Crippen LogP contribution in [0.15, 0.2) is 58.5 Å². The first-order chi connectivity index (χ1) is 16.0. The maximum atomic E-state index is 12.8. The van der Waals surface area contributed by atoms with Crippen LogP contribution in [0, 0.1) is 6.92 Å². The Balaban J connectivity index is 1.56. The van der Waals surface area contributed by atoms with Gasteiger partial charge in [-0.25, -0.2) is 4.98 Å². The van der Waals surface area contributed by atoms with Gasteiger partial charge in [0.15, 0.2) is 5.13 Å². The molecule has 1 atom stereocenters. The van der Waals surface area contributed by atoms with Crippen molar-refractivity contribution in [2.45, 2.75) is 20.0 Å². The van der Waals surface area contributed by atoms with Crippen molar-refractivity contribution in [3.63, 3.8) is 0 Å². The number of carbonyl (C=O) groups excluding carboxylic acids is 1. The molecular weight excluding hydrogens is 444 g/mol. The number of amides is 1. The fraction of sp³-hybridized carbons (Fsp3) is 0.217. The number of hydrogen-bond acceptors (Lipinski definition) is 9. The highest BCUT2D eigenvalue weighted by Crippen LogP contribution is 2.30. The molecule has 9 nitrogen and oxygen atoms in total. The van der Waals surface area contributed by atoms with Crippen LogP contribution in [-0.2, 0) is 4.74 Å². The average molecular weight is 467 g/mol. The van der Waals surface area contributed by atoms with E-state index in [2.05, 4.69) is 20.5 Å². The Hall–Kier alpha value is -3.76. The molecule has 0 fully saturated rings. The number of rotatable bonds is 9. The third-order valence-electron chi connectivity index (χ3n) is 4.40. The predicted octanol–water partition coefficient (Wildman–Crippen LogP) is 4.96. The number of nitrogens with zero attached hydrogens (tertiary/aromatic N) is 3. The van der Waals surface area contributed by atoms with Gasteiger partial charge in [-0.05, 0) is 43.3 Å². The van der Waals surface area contributed by atoms with E-state index in [-0.39, 0.29) is 12.0 Å². The number of thiazole rings is 1. The zero-order chi connectivity index (χ0) is 23.2. The van der Waals surface area contributed by atoms with Crippen LogP contribution in [0.5, 0.6) is 17.2 Å². The third kappa shape index (κ3) is 5.93. The second-order valence-electron chi connectivity index (χ2n) is 7.12. The number of carbonyl (C=O) groups is 1. The molecule has 0 saturated carbocycles. The van der Waals surface area contributed by atoms with E-state index in [9.17, 15) is 4.79 Å². The lowest BCUT2D eigenvalue weighted by Crippen LogP contribution is -2.18. The highest BCUT2D eigenvalue weighted by atomic mass is 32.1. The molecule has 33 heavy (non-hydrogen) atoms. The van der Waals surface area contributed by atoms with Crippen molar-refractivity contribution in [3.05, 3.63) is 65.5 Å². The van der Waals surface area contributed by atoms with Crippen LogP contribution in [0.25, 0.3) is 11.5 Å². The lowest BCUT2D eigenvalue weighted by Gasteiger charge is -2.16. The largest absolute Gasteiger partial charge is 0.488 e. The summed E-state index contributed by atoms with van der Waals surface area (Å²) in [6, 6.07) is 12.2. The zero-order valence-electron chi connectivity index (χ0n) is 18.3. The standard InChI is InChI=1S/C23H22N4O5S/c1-14(13-29-3)30-19-10-17(21(28)25-23-24-8-9-33-23)11-20(12-19)32-18-6-4-16(5-7-18)22-27-26-15(2)31-22/h4-12,14H,13H2,1-3H3,(H,24,25,28)/t14-/m0/s1. The van der Waals surface area contributed by atoms with E-state index in [1.807, 2.05) is 19.1 Å². The summed E-state index contributed by atoms with van der Waals surface area (Å²) in [4.78, 5) is 16.9. The summed E-state index contributed by atoms with van der Waals surface area (Å²) in [5, 5.41) is 12.9. The van der Waals surface area contributed by atoms with Gasteiger partial charge in [0.25, 0.3) is 5.91 Å². The molecule has 0 unspecified atom stereocenters. The van der Waals surface area contributed by atoms with Gasteiger partial charge in [-0.2, -0.15) is 0 Å². The van der Waals surface area contributed by atoms with E-state index in [0.717, 1.165) is 5.56 Å². The summed E-state index contributed by atoms with van der Waals surface area (Å²) in [6.45, 7) is 4.02. The monoisotopic (exact) mass is 466 g/mol. The molecule has 4 rings (SSSR count). The molecule has 0 aliphatic rings. The number of anilines is 1. The van der Waals surface area contributed by atoms with E-state index < -0.39 is 0 Å². The first kappa shape index (κ1) is 22.4. The number of benzene rings is 2. The molecular formula is C23H22N4O5S. The van der Waals surface area contributed by atoms with Gasteiger partial charge in [0.05, 0.1) is 6.61 Å². The topological polar surface area (TPSA) is 109 Å². The zero-order valence-corrected chi connectivity index (χ0v) is 19.1. The van der Waals surface area contributed by atoms with E-state index in [1.165, 1.54) is 11.3 Å². The quantitative estimate of drug-likeness (QED) is 0.369. The minimum absolute atomic E-state index is 0.211. The summed E-state index contributed by atoms with van der Waals surface area (Å²) in [5.41, 5.74) is 1.15. The van der Waals surface area contributed by atoms with E-state index in [1.54, 1.807) is 55.9 Å². The van der Waals surface area contributed by atoms with Gasteiger partial charge in [-0.3, -0.25) is 10.1 Å². The molecule has 0 aliphatic heterocycles. The lowest BCUT2D eigenvalue weighted by molar-refractivity contribution is 0.0916. The number of hydrogen-bond donors (Lipinski definition) is 1. The Morgan fingerprint density at radius 3 is 2.58 bits per heavy atom. The van der Waals surface area contributed by atoms with Gasteiger partial charge in [0.1, 0.15) is 23.4 Å². The lowest BCUT2D eigenvalue weighted by atomic mass is 10.1. The summed E-state index contributed by atoms with van der Waals surface area (Å²) < 4.78 is 22.5. The molecule has 1 N–H and O–H groups in total. The molecule has 1 amide bonds. The molecule has 0 aliphatic carbocycles. The Bertz CT molecular complexity index is 1210. The van der Waals surface area contributed by atoms with Gasteiger partial charge in [-0.15, -0.1) is 21.5 Å². The Morgan fingerprint density at radius 1 is 1.12 bits per heavy atom. The van der Waals surface area contributed by atoms with Crippen LogP contribution in [0.1, 0.15) is 23.2 Å². The first-order valence-corrected chi connectivity index (χ1v) is 11.0. The van der Waals surface area contributed by atoms with Crippen molar-refractivity contribution >= 4 is 22.4 Å². The molecule has 2 heterocycles. The summed E-state index contributed by atoms with van der Waals surface area (Å²) >= 11 is 1.34. The normalized spacial score (nSPS) is 11.7. The molecule has 10 heteroatoms. The van der Waals surface area contributed by atoms with Crippen LogP contribution >= 0.6 is 11.3 Å². The molecule has 170 valence electrons. The highest BCUT2D eigenvalue weighted by Gasteiger charge is 2.14. The van der Waals surface area contributed by atoms with Gasteiger partial charge >= 0.3 is 0 Å². The molecule has 0 radical (unpaired) electrons. The van der Waals surface area contributed by atoms with Crippen molar-refractivity contribution in [2.24, 2.45) is 0 Å². The van der Waals surface area contributed by atoms with Crippen molar-refractivity contribution in [2.75, 3.05) is 19.0 Å². The summed E-state index contributed by atoms with van der Waals surface area (Å²) in [7, 11) is 1.60. The predicted molar refractivity (Wildman–Crippen MR) is 123 cm³/mol. The second kappa shape index (κ2) is 10.2. The Labute approximate surface area is 194 Å². The van der Waals surface area contributed by atoms with Crippen LogP contribution in [0.3, 0.4) is 0 Å². The van der Waals surface area contributed by atoms with Crippen molar-refractivity contribution in [1.29, 1.82) is 0 Å². The number of ether oxygens (including phenoxy) is 3. The number of methoxy groups -OCH3 is 1. The number of nitrogens with one attached hydrogen (secondary N) is 1. The maximum absolute atomic E-state index is 12.8. The fourth-order valence-corrected chi connectivity index (χ4v) is 3.52. The molecule has 0 saturated heterocycles. The molecule has 4 aromatic rings. The number of aromatic nitrogens is 3. The van der Waals surface area contributed by atoms with E-state index in [4.69, 9.17) is 18.6 Å². The van der Waals surface area contributed by atoms with Gasteiger partial charge in [-0.1, -0.05) is 0 Å². The van der Waals surface area contributed by atoms with Crippen LogP contribution in [0.4, 0.5) is 5.13 Å². The van der Waals surface area contributed by atoms with Crippen molar-refractivity contribution in [3.8, 4) is 28.7 Å². The average Bonchev–Trinajstić information content (AvgIpc) is 3.46. The van der Waals surface area contributed by atoms with Gasteiger partial charge < -0.3 is 18.6 Å². The SMILES string of the molecule is COC[C@H](C)Oc1cc(Oc2ccc(-c3nnc(C)o3)cc2)cc(C(=O)Nc2nccs2)c1. The molecule has 2 aromatic heterocycles. The van der Waals surface area contributed by atoms with Gasteiger partial charge in [0.2, 0.25) is 11.8 Å². The van der Waals surface area contributed by atoms with Crippen LogP contribution in [0.2, 0.25) is 0 Å². The van der Waals surface area contributed by atoms with Crippen molar-refractivity contribution in [1.82, 2.24) is 15.2 Å². The Morgan fingerprint density at radius 2 is 1.91 bits per heavy atom. The minimum atomic E-state index is -0.318.